The van der Waals surface area contributed by atoms with Crippen LogP contribution in [0.15, 0.2) is 29.6 Å². The standard InChI is InChI=1S/C16H21NS/c1-17-15(11-12-5-2-3-6-12)14-8-4-7-13-9-10-18-16(13)14/h4,7-10,12,15,17H,2-3,5-6,11H2,1H3. The Bertz CT molecular complexity index is 511. The Morgan fingerprint density at radius 2 is 2.11 bits per heavy atom. The van der Waals surface area contributed by atoms with E-state index in [-0.39, 0.29) is 0 Å². The number of thiophene rings is 1. The normalized spacial score (nSPS) is 18.5. The van der Waals surface area contributed by atoms with E-state index in [0.717, 1.165) is 5.92 Å². The van der Waals surface area contributed by atoms with E-state index < -0.39 is 0 Å². The molecule has 1 fully saturated rings. The van der Waals surface area contributed by atoms with Crippen molar-refractivity contribution in [3.63, 3.8) is 0 Å². The van der Waals surface area contributed by atoms with Crippen LogP contribution in [0.5, 0.6) is 0 Å². The first-order chi connectivity index (χ1) is 8.88. The number of fused-ring (bicyclic) bond motifs is 1. The van der Waals surface area contributed by atoms with Gasteiger partial charge >= 0.3 is 0 Å². The fourth-order valence-electron chi connectivity index (χ4n) is 3.27. The van der Waals surface area contributed by atoms with Crippen molar-refractivity contribution in [2.45, 2.75) is 38.1 Å². The predicted octanol–water partition coefficient (Wildman–Crippen LogP) is 4.74. The molecular weight excluding hydrogens is 238 g/mol. The summed E-state index contributed by atoms with van der Waals surface area (Å²) in [6.45, 7) is 0. The summed E-state index contributed by atoms with van der Waals surface area (Å²) < 4.78 is 1.47. The van der Waals surface area contributed by atoms with Crippen molar-refractivity contribution in [2.24, 2.45) is 5.92 Å². The average Bonchev–Trinajstić information content (AvgIpc) is 3.06. The molecule has 1 aliphatic rings. The predicted molar refractivity (Wildman–Crippen MR) is 80.2 cm³/mol. The monoisotopic (exact) mass is 259 g/mol. The molecule has 0 spiro atoms. The summed E-state index contributed by atoms with van der Waals surface area (Å²) in [7, 11) is 2.10. The summed E-state index contributed by atoms with van der Waals surface area (Å²) in [4.78, 5) is 0. The van der Waals surface area contributed by atoms with Gasteiger partial charge in [0.05, 0.1) is 0 Å². The Labute approximate surface area is 113 Å². The van der Waals surface area contributed by atoms with Gasteiger partial charge in [0.25, 0.3) is 0 Å². The molecule has 1 aromatic carbocycles. The highest BCUT2D eigenvalue weighted by Gasteiger charge is 2.21. The molecule has 0 radical (unpaired) electrons. The number of benzene rings is 1. The third-order valence-corrected chi connectivity index (χ3v) is 5.26. The van der Waals surface area contributed by atoms with Gasteiger partial charge in [-0.3, -0.25) is 0 Å². The average molecular weight is 259 g/mol. The molecule has 1 atom stereocenters. The first kappa shape index (κ1) is 12.2. The van der Waals surface area contributed by atoms with Crippen LogP contribution in [0.1, 0.15) is 43.7 Å². The molecule has 1 N–H and O–H groups in total. The molecule has 1 saturated carbocycles. The maximum atomic E-state index is 3.53. The Morgan fingerprint density at radius 3 is 2.89 bits per heavy atom. The number of hydrogen-bond acceptors (Lipinski definition) is 2. The van der Waals surface area contributed by atoms with Crippen LogP contribution >= 0.6 is 11.3 Å². The molecule has 0 amide bonds. The minimum atomic E-state index is 0.524. The van der Waals surface area contributed by atoms with E-state index in [2.05, 4.69) is 42.0 Å². The van der Waals surface area contributed by atoms with Crippen LogP contribution in [0, 0.1) is 5.92 Å². The molecule has 0 aliphatic heterocycles. The zero-order chi connectivity index (χ0) is 12.4. The van der Waals surface area contributed by atoms with Gasteiger partial charge in [-0.1, -0.05) is 43.9 Å². The summed E-state index contributed by atoms with van der Waals surface area (Å²) in [6.07, 6.45) is 7.03. The molecule has 18 heavy (non-hydrogen) atoms. The molecule has 2 heteroatoms. The van der Waals surface area contributed by atoms with E-state index in [0.29, 0.717) is 6.04 Å². The maximum Gasteiger partial charge on any atom is 0.0390 e. The molecule has 96 valence electrons. The Balaban J connectivity index is 1.87. The quantitative estimate of drug-likeness (QED) is 0.836. The second kappa shape index (κ2) is 5.41. The first-order valence-electron chi connectivity index (χ1n) is 7.02. The fraction of sp³-hybridized carbons (Fsp3) is 0.500. The van der Waals surface area contributed by atoms with Crippen molar-refractivity contribution in [2.75, 3.05) is 7.05 Å². The van der Waals surface area contributed by atoms with Crippen LogP contribution in [-0.4, -0.2) is 7.05 Å². The minimum Gasteiger partial charge on any atom is -0.313 e. The van der Waals surface area contributed by atoms with Gasteiger partial charge in [0.1, 0.15) is 0 Å². The van der Waals surface area contributed by atoms with Crippen LogP contribution in [0.2, 0.25) is 0 Å². The van der Waals surface area contributed by atoms with Crippen molar-refractivity contribution in [3.05, 3.63) is 35.2 Å². The Morgan fingerprint density at radius 1 is 1.28 bits per heavy atom. The SMILES string of the molecule is CNC(CC1CCCC1)c1cccc2ccsc12. The van der Waals surface area contributed by atoms with Gasteiger partial charge in [-0.05, 0) is 41.8 Å². The van der Waals surface area contributed by atoms with Gasteiger partial charge in [0, 0.05) is 10.7 Å². The molecule has 3 rings (SSSR count). The largest absolute Gasteiger partial charge is 0.313 e. The lowest BCUT2D eigenvalue weighted by Gasteiger charge is -2.21. The third kappa shape index (κ3) is 2.32. The topological polar surface area (TPSA) is 12.0 Å². The first-order valence-corrected chi connectivity index (χ1v) is 7.90. The van der Waals surface area contributed by atoms with Gasteiger partial charge in [-0.15, -0.1) is 11.3 Å². The Kier molecular flexibility index (Phi) is 3.67. The lowest BCUT2D eigenvalue weighted by molar-refractivity contribution is 0.415. The molecule has 1 aromatic heterocycles. The fourth-order valence-corrected chi connectivity index (χ4v) is 4.24. The second-order valence-corrected chi connectivity index (χ2v) is 6.33. The molecule has 1 nitrogen and oxygen atoms in total. The van der Waals surface area contributed by atoms with Crippen LogP contribution in [0.3, 0.4) is 0 Å². The van der Waals surface area contributed by atoms with E-state index in [1.54, 1.807) is 0 Å². The van der Waals surface area contributed by atoms with Crippen LogP contribution < -0.4 is 5.32 Å². The van der Waals surface area contributed by atoms with E-state index in [9.17, 15) is 0 Å². The third-order valence-electron chi connectivity index (χ3n) is 4.28. The smallest absolute Gasteiger partial charge is 0.0390 e. The van der Waals surface area contributed by atoms with Crippen molar-refractivity contribution in [1.29, 1.82) is 0 Å². The van der Waals surface area contributed by atoms with Crippen LogP contribution in [-0.2, 0) is 0 Å². The van der Waals surface area contributed by atoms with Gasteiger partial charge < -0.3 is 5.32 Å². The molecular formula is C16H21NS. The molecule has 1 heterocycles. The van der Waals surface area contributed by atoms with Gasteiger partial charge in [0.2, 0.25) is 0 Å². The second-order valence-electron chi connectivity index (χ2n) is 5.41. The van der Waals surface area contributed by atoms with E-state index in [1.807, 2.05) is 11.3 Å². The highest BCUT2D eigenvalue weighted by Crippen LogP contribution is 2.36. The molecule has 1 unspecified atom stereocenters. The van der Waals surface area contributed by atoms with Crippen LogP contribution in [0.4, 0.5) is 0 Å². The summed E-state index contributed by atoms with van der Waals surface area (Å²) in [5.74, 6) is 0.928. The van der Waals surface area contributed by atoms with Crippen molar-refractivity contribution < 1.29 is 0 Å². The lowest BCUT2D eigenvalue weighted by Crippen LogP contribution is -2.19. The van der Waals surface area contributed by atoms with E-state index in [1.165, 1.54) is 47.8 Å². The zero-order valence-corrected chi connectivity index (χ0v) is 11.8. The van der Waals surface area contributed by atoms with Gasteiger partial charge in [0.15, 0.2) is 0 Å². The van der Waals surface area contributed by atoms with Crippen molar-refractivity contribution in [3.8, 4) is 0 Å². The summed E-state index contributed by atoms with van der Waals surface area (Å²) >= 11 is 1.88. The van der Waals surface area contributed by atoms with E-state index >= 15 is 0 Å². The zero-order valence-electron chi connectivity index (χ0n) is 11.0. The summed E-state index contributed by atoms with van der Waals surface area (Å²) in [5, 5.41) is 7.13. The number of nitrogens with one attached hydrogen (secondary N) is 1. The minimum absolute atomic E-state index is 0.524. The lowest BCUT2D eigenvalue weighted by atomic mass is 9.93. The highest BCUT2D eigenvalue weighted by molar-refractivity contribution is 7.17. The maximum absolute atomic E-state index is 3.53. The molecule has 1 aliphatic carbocycles. The molecule has 2 aromatic rings. The molecule has 0 saturated heterocycles. The number of hydrogen-bond donors (Lipinski definition) is 1. The summed E-state index contributed by atoms with van der Waals surface area (Å²) in [5.41, 5.74) is 1.50. The Hall–Kier alpha value is -0.860. The van der Waals surface area contributed by atoms with Crippen molar-refractivity contribution >= 4 is 21.4 Å². The highest BCUT2D eigenvalue weighted by atomic mass is 32.1. The van der Waals surface area contributed by atoms with E-state index in [4.69, 9.17) is 0 Å². The summed E-state index contributed by atoms with van der Waals surface area (Å²) in [6, 6.07) is 9.47. The van der Waals surface area contributed by atoms with Crippen molar-refractivity contribution in [1.82, 2.24) is 5.32 Å². The van der Waals surface area contributed by atoms with Gasteiger partial charge in [-0.2, -0.15) is 0 Å². The number of rotatable bonds is 4. The molecule has 0 bridgehead atoms. The van der Waals surface area contributed by atoms with Crippen LogP contribution in [0.25, 0.3) is 10.1 Å². The van der Waals surface area contributed by atoms with Gasteiger partial charge in [-0.25, -0.2) is 0 Å².